The zero-order valence-corrected chi connectivity index (χ0v) is 15.3. The van der Waals surface area contributed by atoms with Crippen molar-refractivity contribution in [1.82, 2.24) is 4.98 Å². The van der Waals surface area contributed by atoms with Crippen LogP contribution in [0.4, 0.5) is 10.2 Å². The molecule has 2 aliphatic rings. The van der Waals surface area contributed by atoms with Gasteiger partial charge in [-0.3, -0.25) is 4.79 Å². The Bertz CT molecular complexity index is 948. The molecule has 0 amide bonds. The number of benzene rings is 1. The van der Waals surface area contributed by atoms with Crippen molar-refractivity contribution in [3.63, 3.8) is 0 Å². The van der Waals surface area contributed by atoms with Crippen molar-refractivity contribution in [3.8, 4) is 11.9 Å². The Morgan fingerprint density at radius 3 is 2.79 bits per heavy atom. The Kier molecular flexibility index (Phi) is 4.63. The van der Waals surface area contributed by atoms with E-state index in [0.29, 0.717) is 11.4 Å². The molecule has 2 fully saturated rings. The van der Waals surface area contributed by atoms with E-state index >= 15 is 0 Å². The van der Waals surface area contributed by atoms with E-state index in [9.17, 15) is 14.3 Å². The van der Waals surface area contributed by atoms with Crippen LogP contribution in [0.25, 0.3) is 0 Å². The predicted molar refractivity (Wildman–Crippen MR) is 99.3 cm³/mol. The molecular weight excluding hydrogens is 361 g/mol. The number of aromatic nitrogens is 1. The first-order chi connectivity index (χ1) is 13.5. The van der Waals surface area contributed by atoms with Gasteiger partial charge in [-0.25, -0.2) is 4.39 Å². The summed E-state index contributed by atoms with van der Waals surface area (Å²) in [5.41, 5.74) is 0.605. The molecule has 1 aliphatic carbocycles. The van der Waals surface area contributed by atoms with Crippen molar-refractivity contribution in [1.29, 1.82) is 5.26 Å². The molecule has 4 rings (SSSR count). The van der Waals surface area contributed by atoms with Gasteiger partial charge in [-0.2, -0.15) is 10.2 Å². The Labute approximate surface area is 162 Å². The number of anilines is 1. The molecular formula is C21H20FN3O3. The summed E-state index contributed by atoms with van der Waals surface area (Å²) in [6.45, 7) is 1.56. The standard InChI is InChI=1S/C21H20FN3O3/c22-17-10-14(12-23)4-5-15(17)13-28-19-3-1-2-18(24-19)25-8-6-21(7-9-25)11-16(21)20(26)27/h1-5,10,16H,6-9,11,13H2,(H,26,27). The predicted octanol–water partition coefficient (Wildman–Crippen LogP) is 3.36. The van der Waals surface area contributed by atoms with Crippen LogP contribution in [-0.2, 0) is 11.4 Å². The number of carboxylic acid groups (broad SMARTS) is 1. The maximum atomic E-state index is 14.0. The van der Waals surface area contributed by atoms with Crippen LogP contribution in [0.15, 0.2) is 36.4 Å². The highest BCUT2D eigenvalue weighted by Gasteiger charge is 2.58. The number of rotatable bonds is 5. The molecule has 1 aromatic heterocycles. The summed E-state index contributed by atoms with van der Waals surface area (Å²) in [6, 6.07) is 11.6. The third-order valence-electron chi connectivity index (χ3n) is 5.84. The summed E-state index contributed by atoms with van der Waals surface area (Å²) in [7, 11) is 0. The van der Waals surface area contributed by atoms with Crippen LogP contribution in [0.5, 0.6) is 5.88 Å². The van der Waals surface area contributed by atoms with E-state index in [1.807, 2.05) is 18.2 Å². The molecule has 0 radical (unpaired) electrons. The molecule has 1 saturated carbocycles. The Balaban J connectivity index is 1.38. The number of carbonyl (C=O) groups is 1. The van der Waals surface area contributed by atoms with E-state index in [2.05, 4.69) is 9.88 Å². The summed E-state index contributed by atoms with van der Waals surface area (Å²) in [5, 5.41) is 18.0. The third-order valence-corrected chi connectivity index (χ3v) is 5.84. The van der Waals surface area contributed by atoms with Crippen molar-refractivity contribution in [2.24, 2.45) is 11.3 Å². The van der Waals surface area contributed by atoms with E-state index in [4.69, 9.17) is 10.00 Å². The molecule has 6 nitrogen and oxygen atoms in total. The monoisotopic (exact) mass is 381 g/mol. The first-order valence-electron chi connectivity index (χ1n) is 9.27. The molecule has 1 aromatic carbocycles. The minimum absolute atomic E-state index is 0.0242. The quantitative estimate of drug-likeness (QED) is 0.855. The first-order valence-corrected chi connectivity index (χ1v) is 9.27. The number of halogens is 1. The molecule has 0 bridgehead atoms. The lowest BCUT2D eigenvalue weighted by Crippen LogP contribution is -2.36. The van der Waals surface area contributed by atoms with Gasteiger partial charge in [-0.15, -0.1) is 0 Å². The van der Waals surface area contributed by atoms with Crippen LogP contribution in [-0.4, -0.2) is 29.1 Å². The van der Waals surface area contributed by atoms with Gasteiger partial charge in [0.15, 0.2) is 0 Å². The van der Waals surface area contributed by atoms with Crippen LogP contribution in [0, 0.1) is 28.5 Å². The topological polar surface area (TPSA) is 86.5 Å². The normalized spacial score (nSPS) is 19.9. The fourth-order valence-electron chi connectivity index (χ4n) is 3.98. The van der Waals surface area contributed by atoms with E-state index < -0.39 is 11.8 Å². The van der Waals surface area contributed by atoms with Crippen molar-refractivity contribution in [2.75, 3.05) is 18.0 Å². The highest BCUT2D eigenvalue weighted by Crippen LogP contribution is 2.59. The summed E-state index contributed by atoms with van der Waals surface area (Å²) < 4.78 is 19.6. The number of ether oxygens (including phenoxy) is 1. The van der Waals surface area contributed by atoms with Gasteiger partial charge in [0.2, 0.25) is 5.88 Å². The molecule has 7 heteroatoms. The number of nitriles is 1. The number of pyridine rings is 1. The molecule has 2 heterocycles. The fraction of sp³-hybridized carbons (Fsp3) is 0.381. The van der Waals surface area contributed by atoms with Gasteiger partial charge >= 0.3 is 5.97 Å². The lowest BCUT2D eigenvalue weighted by molar-refractivity contribution is -0.139. The van der Waals surface area contributed by atoms with Crippen molar-refractivity contribution >= 4 is 11.8 Å². The fourth-order valence-corrected chi connectivity index (χ4v) is 3.98. The zero-order chi connectivity index (χ0) is 19.7. The first kappa shape index (κ1) is 18.2. The number of aliphatic carboxylic acids is 1. The Morgan fingerprint density at radius 1 is 1.36 bits per heavy atom. The lowest BCUT2D eigenvalue weighted by Gasteiger charge is -2.33. The molecule has 1 spiro atoms. The van der Waals surface area contributed by atoms with Crippen LogP contribution in [0.3, 0.4) is 0 Å². The second kappa shape index (κ2) is 7.12. The average molecular weight is 381 g/mol. The lowest BCUT2D eigenvalue weighted by atomic mass is 9.91. The highest BCUT2D eigenvalue weighted by atomic mass is 19.1. The van der Waals surface area contributed by atoms with Gasteiger partial charge in [-0.1, -0.05) is 12.1 Å². The number of piperidine rings is 1. The maximum absolute atomic E-state index is 14.0. The minimum atomic E-state index is -0.683. The number of nitrogens with zero attached hydrogens (tertiary/aromatic N) is 3. The van der Waals surface area contributed by atoms with Crippen molar-refractivity contribution in [2.45, 2.75) is 25.9 Å². The van der Waals surface area contributed by atoms with Crippen molar-refractivity contribution < 1.29 is 19.0 Å². The largest absolute Gasteiger partial charge is 0.481 e. The van der Waals surface area contributed by atoms with Gasteiger partial charge in [0.25, 0.3) is 0 Å². The number of carboxylic acids is 1. The highest BCUT2D eigenvalue weighted by molar-refractivity contribution is 5.75. The SMILES string of the molecule is N#Cc1ccc(COc2cccc(N3CCC4(CC3)CC4C(=O)O)n2)c(F)c1. The van der Waals surface area contributed by atoms with Gasteiger partial charge in [0.05, 0.1) is 17.6 Å². The minimum Gasteiger partial charge on any atom is -0.481 e. The van der Waals surface area contributed by atoms with E-state index in [1.165, 1.54) is 12.1 Å². The van der Waals surface area contributed by atoms with Crippen LogP contribution >= 0.6 is 0 Å². The van der Waals surface area contributed by atoms with Gasteiger partial charge in [0, 0.05) is 24.7 Å². The van der Waals surface area contributed by atoms with Gasteiger partial charge < -0.3 is 14.7 Å². The molecule has 1 aliphatic heterocycles. The molecule has 1 unspecified atom stereocenters. The summed E-state index contributed by atoms with van der Waals surface area (Å²) in [6.07, 6.45) is 2.49. The smallest absolute Gasteiger partial charge is 0.307 e. The second-order valence-corrected chi connectivity index (χ2v) is 7.49. The second-order valence-electron chi connectivity index (χ2n) is 7.49. The van der Waals surface area contributed by atoms with E-state index in [0.717, 1.165) is 38.2 Å². The van der Waals surface area contributed by atoms with E-state index in [1.54, 1.807) is 12.1 Å². The van der Waals surface area contributed by atoms with Crippen LogP contribution in [0.1, 0.15) is 30.4 Å². The molecule has 28 heavy (non-hydrogen) atoms. The number of hydrogen-bond acceptors (Lipinski definition) is 5. The Hall–Kier alpha value is -3.14. The maximum Gasteiger partial charge on any atom is 0.307 e. The molecule has 1 atom stereocenters. The summed E-state index contributed by atoms with van der Waals surface area (Å²) >= 11 is 0. The third kappa shape index (κ3) is 3.50. The number of hydrogen-bond donors (Lipinski definition) is 1. The molecule has 1 N–H and O–H groups in total. The Morgan fingerprint density at radius 2 is 2.14 bits per heavy atom. The zero-order valence-electron chi connectivity index (χ0n) is 15.3. The van der Waals surface area contributed by atoms with Crippen LogP contribution in [0.2, 0.25) is 0 Å². The van der Waals surface area contributed by atoms with Crippen LogP contribution < -0.4 is 9.64 Å². The summed E-state index contributed by atoms with van der Waals surface area (Å²) in [5.74, 6) is -0.179. The average Bonchev–Trinajstić information content (AvgIpc) is 3.41. The molecule has 1 saturated heterocycles. The molecule has 144 valence electrons. The van der Waals surface area contributed by atoms with Gasteiger partial charge in [0.1, 0.15) is 18.2 Å². The van der Waals surface area contributed by atoms with Crippen molar-refractivity contribution in [3.05, 3.63) is 53.3 Å². The van der Waals surface area contributed by atoms with Gasteiger partial charge in [-0.05, 0) is 42.9 Å². The molecule has 2 aromatic rings. The summed E-state index contributed by atoms with van der Waals surface area (Å²) in [4.78, 5) is 17.8. The van der Waals surface area contributed by atoms with E-state index in [-0.39, 0.29) is 23.5 Å².